The van der Waals surface area contributed by atoms with E-state index in [-0.39, 0.29) is 12.2 Å². The number of hydrogen-bond acceptors (Lipinski definition) is 4. The highest BCUT2D eigenvalue weighted by atomic mass is 16.7. The predicted molar refractivity (Wildman–Crippen MR) is 74.0 cm³/mol. The second-order valence-electron chi connectivity index (χ2n) is 6.47. The minimum absolute atomic E-state index is 0.00832. The van der Waals surface area contributed by atoms with E-state index in [9.17, 15) is 4.79 Å². The van der Waals surface area contributed by atoms with Gasteiger partial charge >= 0.3 is 6.16 Å². The maximum absolute atomic E-state index is 11.9. The number of carbonyl (C=O) groups excluding carboxylic acids is 1. The normalized spacial score (nSPS) is 35.4. The molecule has 1 saturated carbocycles. The third kappa shape index (κ3) is 4.10. The molecule has 19 heavy (non-hydrogen) atoms. The molecule has 4 atom stereocenters. The van der Waals surface area contributed by atoms with E-state index >= 15 is 0 Å². The molecule has 0 amide bonds. The van der Waals surface area contributed by atoms with E-state index in [4.69, 9.17) is 9.47 Å². The number of rotatable bonds is 3. The van der Waals surface area contributed by atoms with Crippen molar-refractivity contribution >= 4 is 6.16 Å². The van der Waals surface area contributed by atoms with Gasteiger partial charge in [0.05, 0.1) is 0 Å². The Morgan fingerprint density at radius 2 is 2.00 bits per heavy atom. The molecule has 4 nitrogen and oxygen atoms in total. The van der Waals surface area contributed by atoms with Crippen molar-refractivity contribution < 1.29 is 14.3 Å². The summed E-state index contributed by atoms with van der Waals surface area (Å²) in [7, 11) is 0. The average Bonchev–Trinajstić information content (AvgIpc) is 2.81. The summed E-state index contributed by atoms with van der Waals surface area (Å²) >= 11 is 0. The van der Waals surface area contributed by atoms with Crippen LogP contribution in [-0.2, 0) is 9.47 Å². The molecule has 1 heterocycles. The molecule has 2 aliphatic rings. The van der Waals surface area contributed by atoms with E-state index in [1.54, 1.807) is 0 Å². The highest BCUT2D eigenvalue weighted by Gasteiger charge is 2.34. The minimum atomic E-state index is -0.474. The lowest BCUT2D eigenvalue weighted by Crippen LogP contribution is -2.36. The standard InChI is InChI=1S/C15H27NO3/c1-10(2)13-5-4-11(3)8-14(13)19-15(17)18-12-6-7-16-9-12/h10-14,16H,4-9H2,1-3H3/t11-,12?,13+,14-/m0/s1. The molecule has 0 aromatic rings. The number of hydrogen-bond donors (Lipinski definition) is 1. The topological polar surface area (TPSA) is 47.6 Å². The lowest BCUT2D eigenvalue weighted by Gasteiger charge is -2.36. The summed E-state index contributed by atoms with van der Waals surface area (Å²) in [6, 6.07) is 0. The van der Waals surface area contributed by atoms with Gasteiger partial charge in [0.25, 0.3) is 0 Å². The van der Waals surface area contributed by atoms with Crippen molar-refractivity contribution in [2.24, 2.45) is 17.8 Å². The largest absolute Gasteiger partial charge is 0.508 e. The Labute approximate surface area is 116 Å². The van der Waals surface area contributed by atoms with Crippen LogP contribution < -0.4 is 5.32 Å². The van der Waals surface area contributed by atoms with Crippen molar-refractivity contribution in [1.29, 1.82) is 0 Å². The van der Waals surface area contributed by atoms with Gasteiger partial charge < -0.3 is 14.8 Å². The molecule has 1 unspecified atom stereocenters. The molecule has 0 aromatic heterocycles. The molecule has 1 saturated heterocycles. The molecular formula is C15H27NO3. The fraction of sp³-hybridized carbons (Fsp3) is 0.933. The van der Waals surface area contributed by atoms with Gasteiger partial charge in [-0.25, -0.2) is 4.79 Å². The molecule has 1 N–H and O–H groups in total. The highest BCUT2D eigenvalue weighted by Crippen LogP contribution is 2.35. The fourth-order valence-corrected chi connectivity index (χ4v) is 3.27. The fourth-order valence-electron chi connectivity index (χ4n) is 3.27. The van der Waals surface area contributed by atoms with Gasteiger partial charge in [-0.2, -0.15) is 0 Å². The Kier molecular flexibility index (Phi) is 5.08. The predicted octanol–water partition coefficient (Wildman–Crippen LogP) is 2.96. The molecule has 2 fully saturated rings. The molecule has 4 heteroatoms. The van der Waals surface area contributed by atoms with Gasteiger partial charge in [-0.3, -0.25) is 0 Å². The molecule has 110 valence electrons. The monoisotopic (exact) mass is 269 g/mol. The maximum atomic E-state index is 11.9. The van der Waals surface area contributed by atoms with Crippen molar-refractivity contribution in [2.45, 2.75) is 58.7 Å². The first-order valence-corrected chi connectivity index (χ1v) is 7.64. The zero-order chi connectivity index (χ0) is 13.8. The van der Waals surface area contributed by atoms with E-state index in [1.165, 1.54) is 6.42 Å². The summed E-state index contributed by atoms with van der Waals surface area (Å²) in [5, 5.41) is 3.18. The van der Waals surface area contributed by atoms with Crippen molar-refractivity contribution in [3.63, 3.8) is 0 Å². The zero-order valence-electron chi connectivity index (χ0n) is 12.4. The van der Waals surface area contributed by atoms with E-state index in [0.717, 1.165) is 32.4 Å². The van der Waals surface area contributed by atoms with Crippen molar-refractivity contribution in [3.05, 3.63) is 0 Å². The van der Waals surface area contributed by atoms with Gasteiger partial charge in [0.1, 0.15) is 12.2 Å². The Hall–Kier alpha value is -0.770. The number of ether oxygens (including phenoxy) is 2. The van der Waals surface area contributed by atoms with Gasteiger partial charge in [0.2, 0.25) is 0 Å². The molecule has 1 aliphatic heterocycles. The molecule has 0 bridgehead atoms. The average molecular weight is 269 g/mol. The highest BCUT2D eigenvalue weighted by molar-refractivity contribution is 5.60. The van der Waals surface area contributed by atoms with Crippen LogP contribution in [0.15, 0.2) is 0 Å². The molecule has 1 aliphatic carbocycles. The molecule has 0 aromatic carbocycles. The van der Waals surface area contributed by atoms with E-state index in [1.807, 2.05) is 0 Å². The van der Waals surface area contributed by atoms with Gasteiger partial charge in [0, 0.05) is 6.54 Å². The zero-order valence-corrected chi connectivity index (χ0v) is 12.4. The van der Waals surface area contributed by atoms with Gasteiger partial charge in [-0.1, -0.05) is 27.2 Å². The van der Waals surface area contributed by atoms with Crippen LogP contribution in [-0.4, -0.2) is 31.5 Å². The lowest BCUT2D eigenvalue weighted by molar-refractivity contribution is -0.0425. The van der Waals surface area contributed by atoms with Gasteiger partial charge in [-0.05, 0) is 43.6 Å². The Balaban J connectivity index is 1.85. The van der Waals surface area contributed by atoms with Gasteiger partial charge in [-0.15, -0.1) is 0 Å². The van der Waals surface area contributed by atoms with Crippen LogP contribution >= 0.6 is 0 Å². The SMILES string of the molecule is CC(C)[C@H]1CC[C@H](C)C[C@@H]1OC(=O)OC1CCNC1. The second kappa shape index (κ2) is 6.60. The van der Waals surface area contributed by atoms with Crippen LogP contribution in [0, 0.1) is 17.8 Å². The quantitative estimate of drug-likeness (QED) is 0.800. The van der Waals surface area contributed by atoms with E-state index in [0.29, 0.717) is 17.8 Å². The first kappa shape index (κ1) is 14.6. The summed E-state index contributed by atoms with van der Waals surface area (Å²) in [4.78, 5) is 11.9. The molecule has 2 rings (SSSR count). The number of nitrogens with one attached hydrogen (secondary N) is 1. The van der Waals surface area contributed by atoms with Crippen molar-refractivity contribution in [3.8, 4) is 0 Å². The Morgan fingerprint density at radius 1 is 1.21 bits per heavy atom. The number of carbonyl (C=O) groups is 1. The van der Waals surface area contributed by atoms with Crippen LogP contribution in [0.5, 0.6) is 0 Å². The van der Waals surface area contributed by atoms with Crippen molar-refractivity contribution in [1.82, 2.24) is 5.32 Å². The van der Waals surface area contributed by atoms with E-state index in [2.05, 4.69) is 26.1 Å². The Bertz CT molecular complexity index is 300. The summed E-state index contributed by atoms with van der Waals surface area (Å²) in [6.07, 6.45) is 3.81. The van der Waals surface area contributed by atoms with Crippen LogP contribution in [0.4, 0.5) is 4.79 Å². The van der Waals surface area contributed by atoms with Gasteiger partial charge in [0.15, 0.2) is 0 Å². The summed E-state index contributed by atoms with van der Waals surface area (Å²) in [5.41, 5.74) is 0. The smallest absolute Gasteiger partial charge is 0.431 e. The molecular weight excluding hydrogens is 242 g/mol. The van der Waals surface area contributed by atoms with E-state index < -0.39 is 6.16 Å². The first-order valence-electron chi connectivity index (χ1n) is 7.64. The third-order valence-corrected chi connectivity index (χ3v) is 4.49. The maximum Gasteiger partial charge on any atom is 0.508 e. The Morgan fingerprint density at radius 3 is 2.63 bits per heavy atom. The third-order valence-electron chi connectivity index (χ3n) is 4.49. The van der Waals surface area contributed by atoms with Crippen molar-refractivity contribution in [2.75, 3.05) is 13.1 Å². The van der Waals surface area contributed by atoms with Crippen LogP contribution in [0.25, 0.3) is 0 Å². The summed E-state index contributed by atoms with van der Waals surface area (Å²) in [6.45, 7) is 8.34. The molecule has 0 spiro atoms. The summed E-state index contributed by atoms with van der Waals surface area (Å²) < 4.78 is 11.0. The summed E-state index contributed by atoms with van der Waals surface area (Å²) in [5.74, 6) is 1.67. The molecule has 0 radical (unpaired) electrons. The van der Waals surface area contributed by atoms with Crippen LogP contribution in [0.1, 0.15) is 46.5 Å². The van der Waals surface area contributed by atoms with Crippen LogP contribution in [0.2, 0.25) is 0 Å². The van der Waals surface area contributed by atoms with Crippen LogP contribution in [0.3, 0.4) is 0 Å². The lowest BCUT2D eigenvalue weighted by atomic mass is 9.75. The second-order valence-corrected chi connectivity index (χ2v) is 6.47. The minimum Gasteiger partial charge on any atom is -0.431 e. The first-order chi connectivity index (χ1) is 9.06.